The van der Waals surface area contributed by atoms with Gasteiger partial charge in [-0.15, -0.1) is 0 Å². The molecule has 0 N–H and O–H groups in total. The molecule has 7 heteroatoms. The molecule has 16 heavy (non-hydrogen) atoms. The molecule has 1 saturated heterocycles. The van der Waals surface area contributed by atoms with Crippen LogP contribution in [-0.4, -0.2) is 25.4 Å². The van der Waals surface area contributed by atoms with E-state index in [0.717, 1.165) is 0 Å². The molecule has 0 bridgehead atoms. The fourth-order valence-electron chi connectivity index (χ4n) is 2.06. The Kier molecular flexibility index (Phi) is 2.98. The molecular formula is C9H8Cl3NO2S. The van der Waals surface area contributed by atoms with Crippen molar-refractivity contribution in [1.82, 2.24) is 4.90 Å². The molecule has 1 aliphatic carbocycles. The third-order valence-electron chi connectivity index (χ3n) is 2.89. The van der Waals surface area contributed by atoms with E-state index >= 15 is 0 Å². The summed E-state index contributed by atoms with van der Waals surface area (Å²) in [6, 6.07) is 0. The van der Waals surface area contributed by atoms with Crippen LogP contribution in [0.4, 0.5) is 0 Å². The van der Waals surface area contributed by atoms with E-state index in [4.69, 9.17) is 34.8 Å². The molecule has 0 radical (unpaired) electrons. The smallest absolute Gasteiger partial charge is 0.274 e. The van der Waals surface area contributed by atoms with Crippen LogP contribution in [0.15, 0.2) is 12.2 Å². The number of amides is 2. The molecule has 0 aromatic carbocycles. The van der Waals surface area contributed by atoms with E-state index in [1.807, 2.05) is 12.2 Å². The second-order valence-electron chi connectivity index (χ2n) is 3.83. The Morgan fingerprint density at radius 1 is 1.38 bits per heavy atom. The molecule has 1 heterocycles. The number of hydrogen-bond acceptors (Lipinski definition) is 3. The van der Waals surface area contributed by atoms with Gasteiger partial charge in [-0.25, -0.2) is 4.90 Å². The Morgan fingerprint density at radius 3 is 2.50 bits per heavy atom. The number of fused-ring (bicyclic) bond motifs is 1. The van der Waals surface area contributed by atoms with Crippen LogP contribution in [0.25, 0.3) is 0 Å². The molecule has 3 nitrogen and oxygen atoms in total. The zero-order valence-electron chi connectivity index (χ0n) is 7.99. The van der Waals surface area contributed by atoms with Crippen molar-refractivity contribution in [3.05, 3.63) is 12.2 Å². The highest BCUT2D eigenvalue weighted by Crippen LogP contribution is 2.48. The SMILES string of the molecule is O=C1C2CC=CCC2(S)C(=O)N1C(Cl)(Cl)Cl. The molecule has 2 aliphatic rings. The maximum Gasteiger partial charge on any atom is 0.276 e. The quantitative estimate of drug-likeness (QED) is 0.245. The summed E-state index contributed by atoms with van der Waals surface area (Å²) in [7, 11) is 0. The monoisotopic (exact) mass is 299 g/mol. The third kappa shape index (κ3) is 1.67. The molecule has 2 unspecified atom stereocenters. The molecule has 2 atom stereocenters. The van der Waals surface area contributed by atoms with Gasteiger partial charge in [-0.05, 0) is 12.8 Å². The molecule has 0 aromatic rings. The van der Waals surface area contributed by atoms with Crippen molar-refractivity contribution in [2.24, 2.45) is 5.92 Å². The topological polar surface area (TPSA) is 37.4 Å². The molecular weight excluding hydrogens is 293 g/mol. The number of imide groups is 1. The van der Waals surface area contributed by atoms with E-state index < -0.39 is 26.4 Å². The number of hydrogen-bond donors (Lipinski definition) is 1. The minimum absolute atomic E-state index is 0.378. The first kappa shape index (κ1) is 12.6. The molecule has 0 aromatic heterocycles. The molecule has 2 rings (SSSR count). The first-order chi connectivity index (χ1) is 7.28. The van der Waals surface area contributed by atoms with Crippen molar-refractivity contribution >= 4 is 59.2 Å². The van der Waals surface area contributed by atoms with Gasteiger partial charge in [0.05, 0.1) is 5.92 Å². The standard InChI is InChI=1S/C9H8Cl3NO2S/c10-9(11,12)13-6(14)5-3-1-2-4-8(5,16)7(13)15/h1-2,5,16H,3-4H2. The Balaban J connectivity index is 2.44. The van der Waals surface area contributed by atoms with Crippen molar-refractivity contribution in [2.75, 3.05) is 0 Å². The fourth-order valence-corrected chi connectivity index (χ4v) is 2.97. The van der Waals surface area contributed by atoms with Gasteiger partial charge in [0.1, 0.15) is 4.75 Å². The van der Waals surface area contributed by atoms with Crippen molar-refractivity contribution < 1.29 is 9.59 Å². The zero-order valence-corrected chi connectivity index (χ0v) is 11.2. The van der Waals surface area contributed by atoms with Crippen LogP contribution in [0, 0.1) is 5.92 Å². The van der Waals surface area contributed by atoms with Crippen molar-refractivity contribution in [3.8, 4) is 0 Å². The van der Waals surface area contributed by atoms with E-state index in [2.05, 4.69) is 12.6 Å². The van der Waals surface area contributed by atoms with Crippen LogP contribution in [-0.2, 0) is 9.59 Å². The molecule has 0 spiro atoms. The van der Waals surface area contributed by atoms with Crippen molar-refractivity contribution in [3.63, 3.8) is 0 Å². The third-order valence-corrected chi connectivity index (χ3v) is 4.08. The highest BCUT2D eigenvalue weighted by atomic mass is 35.6. The van der Waals surface area contributed by atoms with Gasteiger partial charge in [0.15, 0.2) is 0 Å². The van der Waals surface area contributed by atoms with Crippen LogP contribution < -0.4 is 0 Å². The summed E-state index contributed by atoms with van der Waals surface area (Å²) < 4.78 is -3.10. The minimum atomic E-state index is -2.04. The Morgan fingerprint density at radius 2 is 2.00 bits per heavy atom. The Bertz CT molecular complexity index is 393. The lowest BCUT2D eigenvalue weighted by Crippen LogP contribution is -2.43. The number of carbonyl (C=O) groups is 2. The second kappa shape index (κ2) is 3.80. The number of halogens is 3. The molecule has 1 aliphatic heterocycles. The van der Waals surface area contributed by atoms with Crippen LogP contribution in [0.1, 0.15) is 12.8 Å². The van der Waals surface area contributed by atoms with E-state index in [1.165, 1.54) is 0 Å². The fraction of sp³-hybridized carbons (Fsp3) is 0.556. The summed E-state index contributed by atoms with van der Waals surface area (Å²) in [6.07, 6.45) is 4.48. The van der Waals surface area contributed by atoms with Crippen molar-refractivity contribution in [1.29, 1.82) is 0 Å². The highest BCUT2D eigenvalue weighted by Gasteiger charge is 2.61. The number of alkyl halides is 3. The summed E-state index contributed by atoms with van der Waals surface area (Å²) in [6.45, 7) is 0. The number of rotatable bonds is 0. The van der Waals surface area contributed by atoms with E-state index in [9.17, 15) is 9.59 Å². The maximum absolute atomic E-state index is 12.1. The number of carbonyl (C=O) groups excluding carboxylic acids is 2. The van der Waals surface area contributed by atoms with Crippen LogP contribution >= 0.6 is 47.4 Å². The summed E-state index contributed by atoms with van der Waals surface area (Å²) in [5.41, 5.74) is 0. The molecule has 2 amide bonds. The first-order valence-corrected chi connectivity index (χ1v) is 6.19. The first-order valence-electron chi connectivity index (χ1n) is 4.61. The largest absolute Gasteiger partial charge is 0.276 e. The molecule has 0 saturated carbocycles. The van der Waals surface area contributed by atoms with Gasteiger partial charge < -0.3 is 0 Å². The number of likely N-dealkylation sites (tertiary alicyclic amines) is 1. The van der Waals surface area contributed by atoms with Crippen LogP contribution in [0.5, 0.6) is 0 Å². The van der Waals surface area contributed by atoms with Gasteiger partial charge in [0.25, 0.3) is 3.92 Å². The highest BCUT2D eigenvalue weighted by molar-refractivity contribution is 7.82. The number of thiol groups is 1. The predicted octanol–water partition coefficient (Wildman–Crippen LogP) is 2.32. The Hall–Kier alpha value is 0.1000. The summed E-state index contributed by atoms with van der Waals surface area (Å²) in [5, 5.41) is 0. The summed E-state index contributed by atoms with van der Waals surface area (Å²) in [4.78, 5) is 24.7. The van der Waals surface area contributed by atoms with Gasteiger partial charge in [-0.2, -0.15) is 12.6 Å². The number of allylic oxidation sites excluding steroid dienone is 2. The normalized spacial score (nSPS) is 34.5. The van der Waals surface area contributed by atoms with E-state index in [0.29, 0.717) is 17.7 Å². The second-order valence-corrected chi connectivity index (χ2v) is 6.85. The zero-order chi connectivity index (χ0) is 12.1. The van der Waals surface area contributed by atoms with Gasteiger partial charge in [0, 0.05) is 0 Å². The minimum Gasteiger partial charge on any atom is -0.274 e. The lowest BCUT2D eigenvalue weighted by molar-refractivity contribution is -0.140. The van der Waals surface area contributed by atoms with Crippen molar-refractivity contribution in [2.45, 2.75) is 21.5 Å². The number of nitrogens with zero attached hydrogens (tertiary/aromatic N) is 1. The molecule has 88 valence electrons. The average molecular weight is 301 g/mol. The van der Waals surface area contributed by atoms with Gasteiger partial charge in [0.2, 0.25) is 11.8 Å². The average Bonchev–Trinajstić information content (AvgIpc) is 2.35. The molecule has 1 fully saturated rings. The van der Waals surface area contributed by atoms with E-state index in [-0.39, 0.29) is 0 Å². The lowest BCUT2D eigenvalue weighted by atomic mass is 9.84. The van der Waals surface area contributed by atoms with Gasteiger partial charge >= 0.3 is 0 Å². The van der Waals surface area contributed by atoms with Gasteiger partial charge in [-0.3, -0.25) is 9.59 Å². The maximum atomic E-state index is 12.1. The van der Waals surface area contributed by atoms with Crippen LogP contribution in [0.3, 0.4) is 0 Å². The predicted molar refractivity (Wildman–Crippen MR) is 65.7 cm³/mol. The summed E-state index contributed by atoms with van der Waals surface area (Å²) in [5.74, 6) is -1.54. The lowest BCUT2D eigenvalue weighted by Gasteiger charge is -2.27. The van der Waals surface area contributed by atoms with Gasteiger partial charge in [-0.1, -0.05) is 47.0 Å². The van der Waals surface area contributed by atoms with Crippen LogP contribution in [0.2, 0.25) is 0 Å². The van der Waals surface area contributed by atoms with E-state index in [1.54, 1.807) is 0 Å². The summed E-state index contributed by atoms with van der Waals surface area (Å²) >= 11 is 21.2. The Labute approximate surface area is 113 Å².